The zero-order chi connectivity index (χ0) is 12.9. The van der Waals surface area contributed by atoms with E-state index in [9.17, 15) is 4.79 Å². The molecule has 1 rings (SSSR count). The van der Waals surface area contributed by atoms with E-state index in [1.54, 1.807) is 14.0 Å². The van der Waals surface area contributed by atoms with E-state index in [1.807, 2.05) is 0 Å². The van der Waals surface area contributed by atoms with Crippen LogP contribution in [0.4, 0.5) is 0 Å². The van der Waals surface area contributed by atoms with Crippen LogP contribution in [0, 0.1) is 5.92 Å². The third-order valence-corrected chi connectivity index (χ3v) is 3.99. The van der Waals surface area contributed by atoms with Crippen LogP contribution < -0.4 is 5.32 Å². The molecule has 1 aliphatic rings. The monoisotopic (exact) mass is 243 g/mol. The van der Waals surface area contributed by atoms with Crippen molar-refractivity contribution in [1.82, 2.24) is 5.32 Å². The van der Waals surface area contributed by atoms with Gasteiger partial charge in [0.25, 0.3) is 0 Å². The number of hydrogen-bond donors (Lipinski definition) is 2. The Bertz CT molecular complexity index is 257. The molecule has 0 amide bonds. The Labute approximate surface area is 104 Å². The van der Waals surface area contributed by atoms with Gasteiger partial charge in [-0.3, -0.25) is 4.79 Å². The van der Waals surface area contributed by atoms with E-state index >= 15 is 0 Å². The van der Waals surface area contributed by atoms with E-state index in [0.717, 1.165) is 6.42 Å². The Balaban J connectivity index is 2.33. The van der Waals surface area contributed by atoms with Crippen LogP contribution in [0.5, 0.6) is 0 Å². The topological polar surface area (TPSA) is 58.6 Å². The lowest BCUT2D eigenvalue weighted by Crippen LogP contribution is -2.48. The minimum absolute atomic E-state index is 0.318. The molecule has 100 valence electrons. The van der Waals surface area contributed by atoms with Gasteiger partial charge in [0.05, 0.1) is 6.10 Å². The van der Waals surface area contributed by atoms with Gasteiger partial charge in [-0.2, -0.15) is 0 Å². The molecule has 17 heavy (non-hydrogen) atoms. The largest absolute Gasteiger partial charge is 0.480 e. The molecular formula is C13H25NO3. The molecular weight excluding hydrogens is 218 g/mol. The molecule has 0 radical (unpaired) electrons. The van der Waals surface area contributed by atoms with E-state index in [1.165, 1.54) is 19.3 Å². The molecule has 3 atom stereocenters. The summed E-state index contributed by atoms with van der Waals surface area (Å²) in [5.74, 6) is -0.213. The third-order valence-electron chi connectivity index (χ3n) is 3.99. The van der Waals surface area contributed by atoms with Gasteiger partial charge >= 0.3 is 5.97 Å². The van der Waals surface area contributed by atoms with E-state index < -0.39 is 11.5 Å². The molecule has 2 N–H and O–H groups in total. The van der Waals surface area contributed by atoms with Crippen LogP contribution in [0.2, 0.25) is 0 Å². The molecule has 0 aromatic carbocycles. The molecule has 1 fully saturated rings. The highest BCUT2D eigenvalue weighted by atomic mass is 16.5. The van der Waals surface area contributed by atoms with Crippen LogP contribution >= 0.6 is 0 Å². The van der Waals surface area contributed by atoms with Gasteiger partial charge in [-0.25, -0.2) is 0 Å². The summed E-state index contributed by atoms with van der Waals surface area (Å²) in [6.45, 7) is 4.43. The minimum Gasteiger partial charge on any atom is -0.480 e. The van der Waals surface area contributed by atoms with Crippen molar-refractivity contribution in [2.75, 3.05) is 13.7 Å². The molecule has 0 heterocycles. The molecule has 4 nitrogen and oxygen atoms in total. The SMILES string of the molecule is CNC(C)(CCOC1CCCCC1C)C(=O)O. The summed E-state index contributed by atoms with van der Waals surface area (Å²) < 4.78 is 5.84. The molecule has 3 unspecified atom stereocenters. The number of aliphatic carboxylic acids is 1. The summed E-state index contributed by atoms with van der Waals surface area (Å²) in [7, 11) is 1.68. The number of carboxylic acids is 1. The van der Waals surface area contributed by atoms with Crippen molar-refractivity contribution < 1.29 is 14.6 Å². The first-order chi connectivity index (χ1) is 7.99. The highest BCUT2D eigenvalue weighted by Gasteiger charge is 2.31. The van der Waals surface area contributed by atoms with Crippen molar-refractivity contribution in [3.63, 3.8) is 0 Å². The molecule has 1 aliphatic carbocycles. The van der Waals surface area contributed by atoms with Gasteiger partial charge in [0.15, 0.2) is 0 Å². The standard InChI is InChI=1S/C13H25NO3/c1-10-6-4-5-7-11(10)17-9-8-13(2,14-3)12(15)16/h10-11,14H,4-9H2,1-3H3,(H,15,16). The first-order valence-corrected chi connectivity index (χ1v) is 6.53. The van der Waals surface area contributed by atoms with Gasteiger partial charge in [-0.15, -0.1) is 0 Å². The van der Waals surface area contributed by atoms with Crippen LogP contribution in [-0.2, 0) is 9.53 Å². The average Bonchev–Trinajstić information content (AvgIpc) is 2.31. The predicted molar refractivity (Wildman–Crippen MR) is 67.1 cm³/mol. The summed E-state index contributed by atoms with van der Waals surface area (Å²) in [6.07, 6.45) is 5.69. The molecule has 0 spiro atoms. The first-order valence-electron chi connectivity index (χ1n) is 6.53. The van der Waals surface area contributed by atoms with Gasteiger partial charge in [0, 0.05) is 6.61 Å². The van der Waals surface area contributed by atoms with Crippen LogP contribution in [0.1, 0.15) is 46.0 Å². The molecule has 0 saturated heterocycles. The van der Waals surface area contributed by atoms with Gasteiger partial charge < -0.3 is 15.2 Å². The van der Waals surface area contributed by atoms with Crippen LogP contribution in [0.25, 0.3) is 0 Å². The Morgan fingerprint density at radius 1 is 1.47 bits per heavy atom. The van der Waals surface area contributed by atoms with E-state index in [-0.39, 0.29) is 0 Å². The fraction of sp³-hybridized carbons (Fsp3) is 0.923. The zero-order valence-electron chi connectivity index (χ0n) is 11.2. The number of rotatable bonds is 6. The maximum Gasteiger partial charge on any atom is 0.323 e. The maximum atomic E-state index is 11.1. The average molecular weight is 243 g/mol. The van der Waals surface area contributed by atoms with Crippen molar-refractivity contribution in [2.45, 2.75) is 57.6 Å². The second kappa shape index (κ2) is 6.36. The Kier molecular flexibility index (Phi) is 5.40. The summed E-state index contributed by atoms with van der Waals surface area (Å²) >= 11 is 0. The van der Waals surface area contributed by atoms with Crippen LogP contribution in [0.3, 0.4) is 0 Å². The fourth-order valence-electron chi connectivity index (χ4n) is 2.28. The second-order valence-corrected chi connectivity index (χ2v) is 5.31. The quantitative estimate of drug-likeness (QED) is 0.749. The Hall–Kier alpha value is -0.610. The normalized spacial score (nSPS) is 28.6. The van der Waals surface area contributed by atoms with Gasteiger partial charge in [0.1, 0.15) is 5.54 Å². The highest BCUT2D eigenvalue weighted by Crippen LogP contribution is 2.26. The highest BCUT2D eigenvalue weighted by molar-refractivity contribution is 5.78. The Morgan fingerprint density at radius 2 is 2.12 bits per heavy atom. The summed E-state index contributed by atoms with van der Waals surface area (Å²) in [6, 6.07) is 0. The molecule has 1 saturated carbocycles. The number of ether oxygens (including phenoxy) is 1. The van der Waals surface area contributed by atoms with E-state index in [4.69, 9.17) is 9.84 Å². The number of carboxylic acid groups (broad SMARTS) is 1. The summed E-state index contributed by atoms with van der Waals surface area (Å²) in [5, 5.41) is 12.0. The summed E-state index contributed by atoms with van der Waals surface area (Å²) in [4.78, 5) is 11.1. The molecule has 0 bridgehead atoms. The number of carbonyl (C=O) groups is 1. The van der Waals surface area contributed by atoms with Crippen molar-refractivity contribution in [3.05, 3.63) is 0 Å². The van der Waals surface area contributed by atoms with Crippen molar-refractivity contribution >= 4 is 5.97 Å². The van der Waals surface area contributed by atoms with Crippen LogP contribution in [-0.4, -0.2) is 36.4 Å². The molecule has 0 aliphatic heterocycles. The first kappa shape index (κ1) is 14.5. The van der Waals surface area contributed by atoms with Crippen molar-refractivity contribution in [2.24, 2.45) is 5.92 Å². The fourth-order valence-corrected chi connectivity index (χ4v) is 2.28. The second-order valence-electron chi connectivity index (χ2n) is 5.31. The van der Waals surface area contributed by atoms with Crippen LogP contribution in [0.15, 0.2) is 0 Å². The van der Waals surface area contributed by atoms with Gasteiger partial charge in [0.2, 0.25) is 0 Å². The van der Waals surface area contributed by atoms with Crippen molar-refractivity contribution in [3.8, 4) is 0 Å². The molecule has 4 heteroatoms. The lowest BCUT2D eigenvalue weighted by atomic mass is 9.88. The lowest BCUT2D eigenvalue weighted by molar-refractivity contribution is -0.145. The molecule has 0 aromatic rings. The lowest BCUT2D eigenvalue weighted by Gasteiger charge is -2.30. The number of nitrogens with one attached hydrogen (secondary N) is 1. The van der Waals surface area contributed by atoms with Gasteiger partial charge in [-0.1, -0.05) is 19.8 Å². The maximum absolute atomic E-state index is 11.1. The minimum atomic E-state index is -0.877. The Morgan fingerprint density at radius 3 is 2.65 bits per heavy atom. The summed E-state index contributed by atoms with van der Waals surface area (Å²) in [5.41, 5.74) is -0.877. The number of hydrogen-bond acceptors (Lipinski definition) is 3. The predicted octanol–water partition coefficient (Wildman–Crippen LogP) is 2.03. The third kappa shape index (κ3) is 3.96. The van der Waals surface area contributed by atoms with Gasteiger partial charge in [-0.05, 0) is 39.2 Å². The van der Waals surface area contributed by atoms with E-state index in [0.29, 0.717) is 25.0 Å². The smallest absolute Gasteiger partial charge is 0.323 e. The number of likely N-dealkylation sites (N-methyl/N-ethyl adjacent to an activating group) is 1. The zero-order valence-corrected chi connectivity index (χ0v) is 11.2. The van der Waals surface area contributed by atoms with E-state index in [2.05, 4.69) is 12.2 Å². The molecule has 0 aromatic heterocycles. The van der Waals surface area contributed by atoms with Crippen molar-refractivity contribution in [1.29, 1.82) is 0 Å².